The highest BCUT2D eigenvalue weighted by atomic mass is 35.5. The number of carbonyl (C=O) groups is 1. The van der Waals surface area contributed by atoms with Crippen LogP contribution in [0.25, 0.3) is 0 Å². The van der Waals surface area contributed by atoms with Crippen molar-refractivity contribution in [3.05, 3.63) is 64.7 Å². The van der Waals surface area contributed by atoms with Crippen LogP contribution in [0.2, 0.25) is 5.02 Å². The van der Waals surface area contributed by atoms with Gasteiger partial charge in [-0.05, 0) is 23.8 Å². The number of hydrogen-bond acceptors (Lipinski definition) is 2. The molecule has 2 aromatic rings. The van der Waals surface area contributed by atoms with E-state index in [-0.39, 0.29) is 11.9 Å². The maximum Gasteiger partial charge on any atom is 0.323 e. The summed E-state index contributed by atoms with van der Waals surface area (Å²) >= 11 is 5.96. The molecular formula is C14H9ClO2. The molecule has 1 aliphatic rings. The molecule has 3 rings (SSSR count). The predicted molar refractivity (Wildman–Crippen MR) is 65.4 cm³/mol. The molecule has 0 amide bonds. The van der Waals surface area contributed by atoms with E-state index in [1.165, 1.54) is 0 Å². The topological polar surface area (TPSA) is 26.3 Å². The van der Waals surface area contributed by atoms with Crippen LogP contribution in [0.15, 0.2) is 48.5 Å². The van der Waals surface area contributed by atoms with Crippen molar-refractivity contribution >= 4 is 17.6 Å². The number of fused-ring (bicyclic) bond motifs is 1. The summed E-state index contributed by atoms with van der Waals surface area (Å²) < 4.78 is 5.23. The van der Waals surface area contributed by atoms with Gasteiger partial charge in [0, 0.05) is 10.6 Å². The van der Waals surface area contributed by atoms with E-state index < -0.39 is 0 Å². The minimum Gasteiger partial charge on any atom is -0.425 e. The Labute approximate surface area is 104 Å². The molecule has 2 aromatic carbocycles. The Morgan fingerprint density at radius 2 is 1.82 bits per heavy atom. The molecule has 17 heavy (non-hydrogen) atoms. The summed E-state index contributed by atoms with van der Waals surface area (Å²) in [6.07, 6.45) is 0. The Balaban J connectivity index is 2.14. The zero-order chi connectivity index (χ0) is 11.8. The highest BCUT2D eigenvalue weighted by molar-refractivity contribution is 6.30. The number of rotatable bonds is 1. The lowest BCUT2D eigenvalue weighted by molar-refractivity contribution is -0.133. The smallest absolute Gasteiger partial charge is 0.323 e. The van der Waals surface area contributed by atoms with Crippen LogP contribution in [0.1, 0.15) is 17.0 Å². The average Bonchev–Trinajstić information content (AvgIpc) is 2.65. The third-order valence-corrected chi connectivity index (χ3v) is 3.10. The number of ether oxygens (including phenoxy) is 1. The van der Waals surface area contributed by atoms with Gasteiger partial charge in [0.15, 0.2) is 0 Å². The molecule has 0 aliphatic carbocycles. The third-order valence-electron chi connectivity index (χ3n) is 2.86. The Hall–Kier alpha value is -1.80. The molecule has 1 heterocycles. The van der Waals surface area contributed by atoms with Crippen molar-refractivity contribution in [3.8, 4) is 5.75 Å². The number of carbonyl (C=O) groups excluding carboxylic acids is 1. The summed E-state index contributed by atoms with van der Waals surface area (Å²) in [6.45, 7) is 0. The monoisotopic (exact) mass is 244 g/mol. The van der Waals surface area contributed by atoms with Crippen molar-refractivity contribution in [3.63, 3.8) is 0 Å². The first kappa shape index (κ1) is 10.4. The summed E-state index contributed by atoms with van der Waals surface area (Å²) in [5, 5.41) is 0.614. The van der Waals surface area contributed by atoms with Crippen LogP contribution in [0.3, 0.4) is 0 Å². The first-order chi connectivity index (χ1) is 8.25. The van der Waals surface area contributed by atoms with Crippen molar-refractivity contribution < 1.29 is 9.53 Å². The Bertz CT molecular complexity index is 578. The van der Waals surface area contributed by atoms with Crippen LogP contribution in [0, 0.1) is 0 Å². The summed E-state index contributed by atoms with van der Waals surface area (Å²) in [7, 11) is 0. The second-order valence-electron chi connectivity index (χ2n) is 3.95. The number of benzene rings is 2. The summed E-state index contributed by atoms with van der Waals surface area (Å²) in [5.41, 5.74) is 1.77. The molecule has 0 aromatic heterocycles. The Kier molecular flexibility index (Phi) is 2.37. The number of halogens is 1. The lowest BCUT2D eigenvalue weighted by Gasteiger charge is -2.07. The lowest BCUT2D eigenvalue weighted by Crippen LogP contribution is -2.11. The summed E-state index contributed by atoms with van der Waals surface area (Å²) in [5.74, 6) is 0.00613. The van der Waals surface area contributed by atoms with Gasteiger partial charge in [-0.15, -0.1) is 0 Å². The Morgan fingerprint density at radius 3 is 2.59 bits per heavy atom. The van der Waals surface area contributed by atoms with E-state index in [1.807, 2.05) is 30.3 Å². The van der Waals surface area contributed by atoms with Gasteiger partial charge >= 0.3 is 5.97 Å². The van der Waals surface area contributed by atoms with E-state index in [9.17, 15) is 4.79 Å². The van der Waals surface area contributed by atoms with Gasteiger partial charge < -0.3 is 4.74 Å². The van der Waals surface area contributed by atoms with E-state index >= 15 is 0 Å². The maximum atomic E-state index is 11.9. The van der Waals surface area contributed by atoms with Crippen LogP contribution < -0.4 is 4.74 Å². The fourth-order valence-corrected chi connectivity index (χ4v) is 2.27. The number of esters is 1. The van der Waals surface area contributed by atoms with Gasteiger partial charge in [-0.3, -0.25) is 4.79 Å². The predicted octanol–water partition coefficient (Wildman–Crippen LogP) is 3.39. The van der Waals surface area contributed by atoms with Gasteiger partial charge in [0.25, 0.3) is 0 Å². The van der Waals surface area contributed by atoms with Crippen LogP contribution >= 0.6 is 11.6 Å². The molecule has 0 bridgehead atoms. The molecule has 0 saturated carbocycles. The second kappa shape index (κ2) is 3.90. The maximum absolute atomic E-state index is 11.9. The first-order valence-corrected chi connectivity index (χ1v) is 5.69. The zero-order valence-electron chi connectivity index (χ0n) is 8.89. The molecule has 0 fully saturated rings. The van der Waals surface area contributed by atoms with Gasteiger partial charge in [-0.2, -0.15) is 0 Å². The van der Waals surface area contributed by atoms with Crippen molar-refractivity contribution in [1.82, 2.24) is 0 Å². The normalized spacial score (nSPS) is 17.7. The molecule has 1 atom stereocenters. The van der Waals surface area contributed by atoms with Crippen LogP contribution in [0.4, 0.5) is 0 Å². The molecule has 1 aliphatic heterocycles. The standard InChI is InChI=1S/C14H9ClO2/c15-10-6-7-12-11(8-10)13(14(16)17-12)9-4-2-1-3-5-9/h1-8,13H. The largest absolute Gasteiger partial charge is 0.425 e. The van der Waals surface area contributed by atoms with Crippen molar-refractivity contribution in [1.29, 1.82) is 0 Å². The SMILES string of the molecule is O=C1Oc2ccc(Cl)cc2C1c1ccccc1. The third kappa shape index (κ3) is 1.71. The van der Waals surface area contributed by atoms with Crippen LogP contribution in [-0.2, 0) is 4.79 Å². The highest BCUT2D eigenvalue weighted by Crippen LogP contribution is 2.40. The quantitative estimate of drug-likeness (QED) is 0.568. The molecule has 0 saturated heterocycles. The minimum absolute atomic E-state index is 0.242. The highest BCUT2D eigenvalue weighted by Gasteiger charge is 2.34. The van der Waals surface area contributed by atoms with Gasteiger partial charge in [-0.25, -0.2) is 0 Å². The minimum atomic E-state index is -0.357. The molecule has 84 valence electrons. The average molecular weight is 245 g/mol. The molecule has 2 nitrogen and oxygen atoms in total. The first-order valence-electron chi connectivity index (χ1n) is 5.32. The lowest BCUT2D eigenvalue weighted by atomic mass is 9.93. The van der Waals surface area contributed by atoms with Crippen molar-refractivity contribution in [2.24, 2.45) is 0 Å². The zero-order valence-corrected chi connectivity index (χ0v) is 9.65. The van der Waals surface area contributed by atoms with Gasteiger partial charge in [0.1, 0.15) is 11.7 Å². The Morgan fingerprint density at radius 1 is 1.06 bits per heavy atom. The van der Waals surface area contributed by atoms with E-state index in [0.29, 0.717) is 10.8 Å². The van der Waals surface area contributed by atoms with E-state index in [1.54, 1.807) is 18.2 Å². The van der Waals surface area contributed by atoms with Crippen molar-refractivity contribution in [2.75, 3.05) is 0 Å². The molecule has 0 N–H and O–H groups in total. The van der Waals surface area contributed by atoms with E-state index in [2.05, 4.69) is 0 Å². The second-order valence-corrected chi connectivity index (χ2v) is 4.38. The fourth-order valence-electron chi connectivity index (χ4n) is 2.09. The van der Waals surface area contributed by atoms with E-state index in [4.69, 9.17) is 16.3 Å². The molecule has 0 spiro atoms. The molecule has 3 heteroatoms. The van der Waals surface area contributed by atoms with Gasteiger partial charge in [0.05, 0.1) is 0 Å². The van der Waals surface area contributed by atoms with Gasteiger partial charge in [-0.1, -0.05) is 41.9 Å². The summed E-state index contributed by atoms with van der Waals surface area (Å²) in [6, 6.07) is 14.8. The van der Waals surface area contributed by atoms with E-state index in [0.717, 1.165) is 11.1 Å². The molecular weight excluding hydrogens is 236 g/mol. The van der Waals surface area contributed by atoms with Crippen LogP contribution in [-0.4, -0.2) is 5.97 Å². The van der Waals surface area contributed by atoms with Gasteiger partial charge in [0.2, 0.25) is 0 Å². The summed E-state index contributed by atoms with van der Waals surface area (Å²) in [4.78, 5) is 11.9. The molecule has 0 radical (unpaired) electrons. The molecule has 1 unspecified atom stereocenters. The number of hydrogen-bond donors (Lipinski definition) is 0. The van der Waals surface area contributed by atoms with Crippen molar-refractivity contribution in [2.45, 2.75) is 5.92 Å². The fraction of sp³-hybridized carbons (Fsp3) is 0.0714. The van der Waals surface area contributed by atoms with Crippen LogP contribution in [0.5, 0.6) is 5.75 Å².